The van der Waals surface area contributed by atoms with Gasteiger partial charge in [0.15, 0.2) is 5.88 Å². The van der Waals surface area contributed by atoms with Crippen molar-refractivity contribution in [3.05, 3.63) is 84.2 Å². The molecule has 0 unspecified atom stereocenters. The first kappa shape index (κ1) is 19.5. The summed E-state index contributed by atoms with van der Waals surface area (Å²) < 4.78 is 0. The molecule has 0 saturated carbocycles. The van der Waals surface area contributed by atoms with E-state index in [2.05, 4.69) is 15.3 Å². The van der Waals surface area contributed by atoms with Gasteiger partial charge in [0.2, 0.25) is 0 Å². The van der Waals surface area contributed by atoms with Gasteiger partial charge in [0.25, 0.3) is 0 Å². The van der Waals surface area contributed by atoms with Gasteiger partial charge in [-0.05, 0) is 42.5 Å². The highest BCUT2D eigenvalue weighted by atomic mass is 16.5. The molecular formula is C24H20N6O2. The fourth-order valence-electron chi connectivity index (χ4n) is 3.80. The Morgan fingerprint density at radius 1 is 1.00 bits per heavy atom. The fraction of sp³-hybridized carbons (Fsp3) is 0.0417. The maximum atomic E-state index is 10.7. The number of benzene rings is 2. The van der Waals surface area contributed by atoms with Gasteiger partial charge in [-0.3, -0.25) is 21.1 Å². The zero-order valence-electron chi connectivity index (χ0n) is 16.9. The minimum atomic E-state index is -0.136. The van der Waals surface area contributed by atoms with Gasteiger partial charge >= 0.3 is 0 Å². The molecule has 0 aliphatic rings. The molecule has 0 spiro atoms. The Bertz CT molecular complexity index is 1450. The smallest absolute Gasteiger partial charge is 0.199 e. The van der Waals surface area contributed by atoms with Crippen molar-refractivity contribution in [1.82, 2.24) is 20.4 Å². The van der Waals surface area contributed by atoms with Crippen molar-refractivity contribution >= 4 is 33.3 Å². The monoisotopic (exact) mass is 424 g/mol. The molecule has 3 aromatic heterocycles. The van der Waals surface area contributed by atoms with Crippen LogP contribution in [0.1, 0.15) is 11.3 Å². The van der Waals surface area contributed by atoms with E-state index in [1.54, 1.807) is 24.4 Å². The van der Waals surface area contributed by atoms with Crippen LogP contribution in [0.15, 0.2) is 72.9 Å². The van der Waals surface area contributed by atoms with Crippen LogP contribution in [0.5, 0.6) is 5.88 Å². The number of fused-ring (bicyclic) bond motifs is 2. The first-order chi connectivity index (χ1) is 15.6. The number of para-hydroxylation sites is 1. The Balaban J connectivity index is 1.65. The summed E-state index contributed by atoms with van der Waals surface area (Å²) in [6.45, 7) is 0.539. The number of aromatic nitrogens is 3. The van der Waals surface area contributed by atoms with E-state index in [4.69, 9.17) is 15.6 Å². The van der Waals surface area contributed by atoms with Crippen molar-refractivity contribution in [3.63, 3.8) is 0 Å². The lowest BCUT2D eigenvalue weighted by molar-refractivity contribution is 0.234. The summed E-state index contributed by atoms with van der Waals surface area (Å²) in [5.74, 6) is -0.151. The Hall–Kier alpha value is -4.43. The fourth-order valence-corrected chi connectivity index (χ4v) is 3.80. The van der Waals surface area contributed by atoms with Crippen LogP contribution in [0.3, 0.4) is 0 Å². The zero-order chi connectivity index (χ0) is 22.1. The molecular weight excluding hydrogens is 404 g/mol. The number of hydrogen-bond acceptors (Lipinski definition) is 6. The summed E-state index contributed by atoms with van der Waals surface area (Å²) in [5, 5.41) is 32.7. The van der Waals surface area contributed by atoms with Crippen LogP contribution in [0.2, 0.25) is 0 Å². The quantitative estimate of drug-likeness (QED) is 0.141. The number of nitrogens with zero attached hydrogens (tertiary/aromatic N) is 2. The van der Waals surface area contributed by atoms with Crippen molar-refractivity contribution in [1.29, 1.82) is 5.41 Å². The van der Waals surface area contributed by atoms with E-state index in [0.717, 1.165) is 22.3 Å². The van der Waals surface area contributed by atoms with E-state index in [9.17, 15) is 5.11 Å². The number of H-pyrrole nitrogens is 1. The van der Waals surface area contributed by atoms with Crippen LogP contribution in [-0.2, 0) is 6.54 Å². The Labute approximate surface area is 183 Å². The summed E-state index contributed by atoms with van der Waals surface area (Å²) in [4.78, 5) is 12.1. The first-order valence-electron chi connectivity index (χ1n) is 10.0. The van der Waals surface area contributed by atoms with Crippen LogP contribution in [0.4, 0.5) is 5.69 Å². The van der Waals surface area contributed by atoms with E-state index in [1.807, 2.05) is 54.0 Å². The molecule has 6 N–H and O–H groups in total. The topological polar surface area (TPSA) is 130 Å². The highest BCUT2D eigenvalue weighted by Crippen LogP contribution is 2.38. The Morgan fingerprint density at radius 3 is 2.66 bits per heavy atom. The third-order valence-corrected chi connectivity index (χ3v) is 5.34. The zero-order valence-corrected chi connectivity index (χ0v) is 16.9. The predicted molar refractivity (Wildman–Crippen MR) is 124 cm³/mol. The molecule has 0 saturated heterocycles. The van der Waals surface area contributed by atoms with Crippen LogP contribution in [0.25, 0.3) is 33.1 Å². The lowest BCUT2D eigenvalue weighted by Crippen LogP contribution is -2.18. The first-order valence-corrected chi connectivity index (χ1v) is 10.0. The van der Waals surface area contributed by atoms with Gasteiger partial charge in [0.05, 0.1) is 29.0 Å². The average Bonchev–Trinajstić information content (AvgIpc) is 3.17. The molecule has 0 fully saturated rings. The minimum Gasteiger partial charge on any atom is -0.494 e. The molecule has 8 nitrogen and oxygen atoms in total. The number of aromatic hydroxyl groups is 1. The lowest BCUT2D eigenvalue weighted by atomic mass is 10.0. The van der Waals surface area contributed by atoms with Gasteiger partial charge in [-0.1, -0.05) is 24.3 Å². The van der Waals surface area contributed by atoms with Gasteiger partial charge in [0.1, 0.15) is 5.84 Å². The lowest BCUT2D eigenvalue weighted by Gasteiger charge is -2.12. The summed E-state index contributed by atoms with van der Waals surface area (Å²) in [5.41, 5.74) is 6.70. The molecule has 3 heterocycles. The average molecular weight is 424 g/mol. The molecule has 2 aromatic carbocycles. The van der Waals surface area contributed by atoms with Gasteiger partial charge in [0, 0.05) is 33.7 Å². The maximum absolute atomic E-state index is 10.7. The number of pyridine rings is 2. The third-order valence-electron chi connectivity index (χ3n) is 5.34. The largest absolute Gasteiger partial charge is 0.494 e. The summed E-state index contributed by atoms with van der Waals surface area (Å²) in [6, 6.07) is 20.6. The van der Waals surface area contributed by atoms with Crippen LogP contribution < -0.4 is 10.8 Å². The molecule has 158 valence electrons. The highest BCUT2D eigenvalue weighted by Gasteiger charge is 2.17. The molecule has 0 radical (unpaired) electrons. The second-order valence-electron chi connectivity index (χ2n) is 7.34. The number of hydroxylamine groups is 1. The molecule has 32 heavy (non-hydrogen) atoms. The van der Waals surface area contributed by atoms with Crippen molar-refractivity contribution < 1.29 is 10.3 Å². The molecule has 5 rings (SSSR count). The van der Waals surface area contributed by atoms with E-state index >= 15 is 0 Å². The summed E-state index contributed by atoms with van der Waals surface area (Å²) in [6.07, 6.45) is 1.76. The third kappa shape index (κ3) is 3.48. The maximum Gasteiger partial charge on any atom is 0.199 e. The van der Waals surface area contributed by atoms with E-state index in [0.29, 0.717) is 34.3 Å². The van der Waals surface area contributed by atoms with Crippen LogP contribution in [0, 0.1) is 5.41 Å². The molecule has 0 bridgehead atoms. The van der Waals surface area contributed by atoms with Crippen LogP contribution in [-0.4, -0.2) is 31.1 Å². The standard InChI is InChI=1S/C24H20N6O2/c25-23(30-32)14-8-9-19-17(11-14)22(24(31)29-19)21-12-20(16-6-1-2-7-18(16)28-21)27-13-15-5-3-4-10-26-15/h1-12,29,31-32H,13H2,(H2,25,30)(H,27,28). The Morgan fingerprint density at radius 2 is 1.84 bits per heavy atom. The number of rotatable bonds is 5. The molecule has 0 amide bonds. The molecule has 0 atom stereocenters. The predicted octanol–water partition coefficient (Wildman–Crippen LogP) is 4.40. The van der Waals surface area contributed by atoms with E-state index in [-0.39, 0.29) is 11.7 Å². The Kier molecular flexibility index (Phi) is 4.89. The molecule has 5 aromatic rings. The van der Waals surface area contributed by atoms with Crippen molar-refractivity contribution in [3.8, 4) is 17.1 Å². The summed E-state index contributed by atoms with van der Waals surface area (Å²) in [7, 11) is 0. The second-order valence-corrected chi connectivity index (χ2v) is 7.34. The number of hydrogen-bond donors (Lipinski definition) is 6. The van der Waals surface area contributed by atoms with Crippen molar-refractivity contribution in [2.75, 3.05) is 5.32 Å². The molecule has 0 aliphatic carbocycles. The van der Waals surface area contributed by atoms with Crippen molar-refractivity contribution in [2.45, 2.75) is 6.54 Å². The molecule has 8 heteroatoms. The van der Waals surface area contributed by atoms with Gasteiger partial charge in [-0.25, -0.2) is 4.98 Å². The number of anilines is 1. The minimum absolute atomic E-state index is 0.0147. The summed E-state index contributed by atoms with van der Waals surface area (Å²) >= 11 is 0. The van der Waals surface area contributed by atoms with E-state index < -0.39 is 0 Å². The SMILES string of the molecule is N=C(NO)c1ccc2[nH]c(O)c(-c3cc(NCc4ccccn4)c4ccccc4n3)c2c1. The second kappa shape index (κ2) is 8.01. The number of amidine groups is 1. The van der Waals surface area contributed by atoms with E-state index in [1.165, 1.54) is 0 Å². The number of nitrogens with one attached hydrogen (secondary N) is 4. The van der Waals surface area contributed by atoms with Gasteiger partial charge < -0.3 is 15.4 Å². The molecule has 0 aliphatic heterocycles. The normalized spacial score (nSPS) is 11.0. The highest BCUT2D eigenvalue weighted by molar-refractivity contribution is 6.05. The van der Waals surface area contributed by atoms with Gasteiger partial charge in [-0.15, -0.1) is 0 Å². The van der Waals surface area contributed by atoms with Crippen molar-refractivity contribution in [2.24, 2.45) is 0 Å². The van der Waals surface area contributed by atoms with Crippen LogP contribution >= 0.6 is 0 Å². The number of aromatic amines is 1. The van der Waals surface area contributed by atoms with Gasteiger partial charge in [-0.2, -0.15) is 0 Å².